The van der Waals surface area contributed by atoms with E-state index in [4.69, 9.17) is 9.40 Å². The third-order valence-corrected chi connectivity index (χ3v) is 7.93. The smallest absolute Gasteiger partial charge is 0.285 e. The molecule has 0 amide bonds. The van der Waals surface area contributed by atoms with Gasteiger partial charge in [-0.25, -0.2) is 17.4 Å². The van der Waals surface area contributed by atoms with Crippen molar-refractivity contribution < 1.29 is 12.8 Å². The van der Waals surface area contributed by atoms with E-state index in [-0.39, 0.29) is 9.70 Å². The molecule has 170 valence electrons. The lowest BCUT2D eigenvalue weighted by atomic mass is 10.1. The van der Waals surface area contributed by atoms with Crippen molar-refractivity contribution in [3.63, 3.8) is 0 Å². The second-order valence-corrected chi connectivity index (χ2v) is 10.8. The Hall–Kier alpha value is -3.37. The number of hydrogen-bond acceptors (Lipinski definition) is 7. The van der Waals surface area contributed by atoms with Crippen molar-refractivity contribution >= 4 is 36.9 Å². The van der Waals surface area contributed by atoms with Crippen LogP contribution in [-0.4, -0.2) is 32.6 Å². The average Bonchev–Trinajstić information content (AvgIpc) is 3.49. The van der Waals surface area contributed by atoms with E-state index in [0.717, 1.165) is 24.1 Å². The van der Waals surface area contributed by atoms with Crippen LogP contribution in [0.1, 0.15) is 30.0 Å². The number of aryl methyl sites for hydroxylation is 1. The molecule has 0 unspecified atom stereocenters. The van der Waals surface area contributed by atoms with Crippen molar-refractivity contribution in [2.45, 2.75) is 30.6 Å². The molecule has 0 aliphatic heterocycles. The molecule has 0 N–H and O–H groups in total. The van der Waals surface area contributed by atoms with Gasteiger partial charge in [0.15, 0.2) is 0 Å². The molecule has 3 heterocycles. The molecule has 8 nitrogen and oxygen atoms in total. The van der Waals surface area contributed by atoms with Crippen LogP contribution in [0.15, 0.2) is 75.2 Å². The highest BCUT2D eigenvalue weighted by Crippen LogP contribution is 2.40. The summed E-state index contributed by atoms with van der Waals surface area (Å²) < 4.78 is 34.1. The Kier molecular flexibility index (Phi) is 4.89. The summed E-state index contributed by atoms with van der Waals surface area (Å²) in [5.74, 6) is 0.745. The molecule has 1 aliphatic rings. The van der Waals surface area contributed by atoms with Crippen LogP contribution in [-0.2, 0) is 10.0 Å². The summed E-state index contributed by atoms with van der Waals surface area (Å²) in [7, 11) is -3.85. The highest BCUT2D eigenvalue weighted by molar-refractivity contribution is 9.10. The molecule has 0 spiro atoms. The zero-order valence-corrected chi connectivity index (χ0v) is 20.4. The van der Waals surface area contributed by atoms with Gasteiger partial charge < -0.3 is 4.42 Å². The predicted octanol–water partition coefficient (Wildman–Crippen LogP) is 5.33. The Bertz CT molecular complexity index is 1650. The van der Waals surface area contributed by atoms with E-state index in [1.165, 1.54) is 3.97 Å². The minimum absolute atomic E-state index is 0.212. The van der Waals surface area contributed by atoms with Crippen molar-refractivity contribution in [2.75, 3.05) is 0 Å². The SMILES string of the molecule is Cc1ccc(S(=O)(=O)n2cc(-c3cncc(C4CC4)n3)c3cc(-c4nnc(Br)o4)ccc32)cc1. The number of nitrogens with zero attached hydrogens (tertiary/aromatic N) is 5. The van der Waals surface area contributed by atoms with Gasteiger partial charge >= 0.3 is 0 Å². The molecule has 0 saturated heterocycles. The van der Waals surface area contributed by atoms with Gasteiger partial charge in [0.2, 0.25) is 5.89 Å². The second-order valence-electron chi connectivity index (χ2n) is 8.35. The third kappa shape index (κ3) is 3.63. The lowest BCUT2D eigenvalue weighted by molar-refractivity contribution is 0.540. The van der Waals surface area contributed by atoms with Crippen molar-refractivity contribution in [2.24, 2.45) is 0 Å². The van der Waals surface area contributed by atoms with Crippen LogP contribution >= 0.6 is 15.9 Å². The van der Waals surface area contributed by atoms with Gasteiger partial charge in [0.1, 0.15) is 0 Å². The fourth-order valence-corrected chi connectivity index (χ4v) is 5.57. The first-order valence-electron chi connectivity index (χ1n) is 10.7. The molecular formula is C24H18BrN5O3S. The van der Waals surface area contributed by atoms with Gasteiger partial charge in [-0.15, -0.1) is 10.2 Å². The van der Waals surface area contributed by atoms with Crippen LogP contribution in [0, 0.1) is 6.92 Å². The van der Waals surface area contributed by atoms with Gasteiger partial charge in [-0.1, -0.05) is 17.7 Å². The van der Waals surface area contributed by atoms with Gasteiger partial charge in [-0.05, 0) is 50.1 Å². The van der Waals surface area contributed by atoms with Crippen LogP contribution in [0.3, 0.4) is 0 Å². The number of halogens is 1. The van der Waals surface area contributed by atoms with Crippen molar-refractivity contribution in [1.29, 1.82) is 0 Å². The molecule has 10 heteroatoms. The van der Waals surface area contributed by atoms with Gasteiger partial charge in [0, 0.05) is 50.8 Å². The fourth-order valence-electron chi connectivity index (χ4n) is 3.97. The van der Waals surface area contributed by atoms with Crippen LogP contribution in [0.25, 0.3) is 33.6 Å². The Morgan fingerprint density at radius 1 is 1.06 bits per heavy atom. The molecule has 1 aliphatic carbocycles. The first-order chi connectivity index (χ1) is 16.4. The first kappa shape index (κ1) is 21.2. The molecule has 34 heavy (non-hydrogen) atoms. The number of aromatic nitrogens is 5. The lowest BCUT2D eigenvalue weighted by Crippen LogP contribution is -2.11. The van der Waals surface area contributed by atoms with Crippen LogP contribution in [0.4, 0.5) is 0 Å². The molecule has 3 aromatic heterocycles. The molecule has 6 rings (SSSR count). The van der Waals surface area contributed by atoms with E-state index in [1.807, 2.05) is 13.0 Å². The molecule has 2 aromatic carbocycles. The summed E-state index contributed by atoms with van der Waals surface area (Å²) in [5.41, 5.74) is 4.40. The number of hydrogen-bond donors (Lipinski definition) is 0. The van der Waals surface area contributed by atoms with E-state index < -0.39 is 10.0 Å². The standard InChI is InChI=1S/C24H18BrN5O3S/c1-14-2-7-17(8-3-14)34(31,32)30-13-19(21-12-26-11-20(27-21)15-4-5-15)18-10-16(6-9-22(18)30)23-28-29-24(25)33-23/h2-3,6-13,15H,4-5H2,1H3. The maximum absolute atomic E-state index is 13.6. The summed E-state index contributed by atoms with van der Waals surface area (Å²) in [6.45, 7) is 1.92. The first-order valence-corrected chi connectivity index (χ1v) is 12.9. The Morgan fingerprint density at radius 2 is 1.85 bits per heavy atom. The average molecular weight is 536 g/mol. The molecule has 5 aromatic rings. The van der Waals surface area contributed by atoms with Crippen LogP contribution in [0.5, 0.6) is 0 Å². The highest BCUT2D eigenvalue weighted by Gasteiger charge is 2.27. The minimum atomic E-state index is -3.85. The van der Waals surface area contributed by atoms with E-state index >= 15 is 0 Å². The topological polar surface area (TPSA) is 104 Å². The zero-order valence-electron chi connectivity index (χ0n) is 18.0. The summed E-state index contributed by atoms with van der Waals surface area (Å²) in [5, 5.41) is 8.59. The molecular weight excluding hydrogens is 518 g/mol. The Morgan fingerprint density at radius 3 is 2.56 bits per heavy atom. The summed E-state index contributed by atoms with van der Waals surface area (Å²) in [4.78, 5) is 9.68. The monoisotopic (exact) mass is 535 g/mol. The minimum Gasteiger partial charge on any atom is -0.411 e. The van der Waals surface area contributed by atoms with E-state index in [0.29, 0.717) is 39.5 Å². The van der Waals surface area contributed by atoms with Crippen molar-refractivity contribution in [1.82, 2.24) is 24.1 Å². The maximum Gasteiger partial charge on any atom is 0.285 e. The summed E-state index contributed by atoms with van der Waals surface area (Å²) in [6, 6.07) is 12.2. The number of rotatable bonds is 5. The lowest BCUT2D eigenvalue weighted by Gasteiger charge is -2.08. The normalized spacial score (nSPS) is 14.1. The van der Waals surface area contributed by atoms with Gasteiger partial charge in [-0.2, -0.15) is 0 Å². The van der Waals surface area contributed by atoms with Crippen molar-refractivity contribution in [3.8, 4) is 22.7 Å². The van der Waals surface area contributed by atoms with E-state index in [2.05, 4.69) is 31.1 Å². The van der Waals surface area contributed by atoms with Crippen molar-refractivity contribution in [3.05, 3.63) is 77.1 Å². The van der Waals surface area contributed by atoms with Crippen LogP contribution in [0.2, 0.25) is 0 Å². The number of benzene rings is 2. The Labute approximate surface area is 203 Å². The molecule has 0 radical (unpaired) electrons. The number of fused-ring (bicyclic) bond motifs is 1. The third-order valence-electron chi connectivity index (χ3n) is 5.92. The van der Waals surface area contributed by atoms with Crippen LogP contribution < -0.4 is 0 Å². The largest absolute Gasteiger partial charge is 0.411 e. The van der Waals surface area contributed by atoms with Gasteiger partial charge in [0.25, 0.3) is 14.8 Å². The highest BCUT2D eigenvalue weighted by atomic mass is 79.9. The molecule has 1 fully saturated rings. The molecule has 0 bridgehead atoms. The summed E-state index contributed by atoms with van der Waals surface area (Å²) >= 11 is 3.18. The molecule has 0 atom stereocenters. The predicted molar refractivity (Wildman–Crippen MR) is 130 cm³/mol. The summed E-state index contributed by atoms with van der Waals surface area (Å²) in [6.07, 6.45) is 7.26. The molecule has 1 saturated carbocycles. The zero-order chi connectivity index (χ0) is 23.4. The van der Waals surface area contributed by atoms with E-state index in [1.54, 1.807) is 55.0 Å². The second kappa shape index (κ2) is 7.85. The fraction of sp³-hybridized carbons (Fsp3) is 0.167. The van der Waals surface area contributed by atoms with Gasteiger partial charge in [-0.3, -0.25) is 4.98 Å². The Balaban J connectivity index is 1.59. The maximum atomic E-state index is 13.6. The van der Waals surface area contributed by atoms with Gasteiger partial charge in [0.05, 0.1) is 28.0 Å². The quantitative estimate of drug-likeness (QED) is 0.299. The van der Waals surface area contributed by atoms with E-state index in [9.17, 15) is 8.42 Å².